The van der Waals surface area contributed by atoms with Crippen LogP contribution >= 0.6 is 0 Å². The van der Waals surface area contributed by atoms with Crippen LogP contribution in [0.1, 0.15) is 55.9 Å². The number of aliphatic hydroxyl groups is 2. The van der Waals surface area contributed by atoms with E-state index in [2.05, 4.69) is 26.0 Å². The molecule has 1 aromatic carbocycles. The monoisotopic (exact) mass is 430 g/mol. The van der Waals surface area contributed by atoms with Crippen molar-refractivity contribution in [2.24, 2.45) is 23.7 Å². The Morgan fingerprint density at radius 1 is 1.06 bits per heavy atom. The second-order valence-corrected chi connectivity index (χ2v) is 8.62. The van der Waals surface area contributed by atoms with E-state index in [4.69, 9.17) is 9.47 Å². The van der Waals surface area contributed by atoms with Crippen molar-refractivity contribution in [3.05, 3.63) is 40.1 Å². The van der Waals surface area contributed by atoms with Crippen molar-refractivity contribution in [2.45, 2.75) is 53.4 Å². The van der Waals surface area contributed by atoms with E-state index in [-0.39, 0.29) is 49.3 Å². The number of ether oxygens (including phenoxy) is 2. The fourth-order valence-electron chi connectivity index (χ4n) is 5.32. The molecule has 31 heavy (non-hydrogen) atoms. The Balaban J connectivity index is 2.13. The van der Waals surface area contributed by atoms with Gasteiger partial charge in [-0.25, -0.2) is 4.79 Å². The Morgan fingerprint density at radius 2 is 1.65 bits per heavy atom. The van der Waals surface area contributed by atoms with Crippen LogP contribution in [0.3, 0.4) is 0 Å². The lowest BCUT2D eigenvalue weighted by Gasteiger charge is -2.22. The zero-order chi connectivity index (χ0) is 22.7. The normalized spacial score (nSPS) is 22.9. The third-order valence-electron chi connectivity index (χ3n) is 6.81. The number of ketones is 1. The van der Waals surface area contributed by atoms with Crippen LogP contribution in [0.25, 0.3) is 5.57 Å². The van der Waals surface area contributed by atoms with Gasteiger partial charge in [0.05, 0.1) is 12.2 Å². The highest BCUT2D eigenvalue weighted by molar-refractivity contribution is 6.26. The molecule has 0 bridgehead atoms. The molecule has 3 atom stereocenters. The highest BCUT2D eigenvalue weighted by Gasteiger charge is 2.52. The Morgan fingerprint density at radius 3 is 2.16 bits per heavy atom. The van der Waals surface area contributed by atoms with Crippen LogP contribution in [-0.4, -0.2) is 42.0 Å². The molecule has 0 aromatic heterocycles. The first-order chi connectivity index (χ1) is 14.9. The fraction of sp³-hybridized carbons (Fsp3) is 0.600. The maximum Gasteiger partial charge on any atom is 0.513 e. The van der Waals surface area contributed by atoms with Crippen LogP contribution in [0.15, 0.2) is 17.9 Å². The van der Waals surface area contributed by atoms with E-state index in [1.807, 2.05) is 6.92 Å². The quantitative estimate of drug-likeness (QED) is 0.609. The van der Waals surface area contributed by atoms with Crippen molar-refractivity contribution in [3.63, 3.8) is 0 Å². The lowest BCUT2D eigenvalue weighted by Crippen LogP contribution is -2.22. The van der Waals surface area contributed by atoms with Crippen molar-refractivity contribution in [1.82, 2.24) is 0 Å². The molecule has 1 aromatic rings. The summed E-state index contributed by atoms with van der Waals surface area (Å²) in [7, 11) is 0. The average molecular weight is 431 g/mol. The van der Waals surface area contributed by atoms with Gasteiger partial charge in [-0.05, 0) is 62.1 Å². The van der Waals surface area contributed by atoms with Crippen molar-refractivity contribution in [1.29, 1.82) is 0 Å². The van der Waals surface area contributed by atoms with E-state index in [0.717, 1.165) is 35.1 Å². The predicted octanol–water partition coefficient (Wildman–Crippen LogP) is 3.83. The molecule has 6 heteroatoms. The second kappa shape index (κ2) is 9.96. The molecule has 1 saturated carbocycles. The third kappa shape index (κ3) is 4.41. The third-order valence-corrected chi connectivity index (χ3v) is 6.81. The largest absolute Gasteiger partial charge is 0.513 e. The zero-order valence-electron chi connectivity index (χ0n) is 18.9. The summed E-state index contributed by atoms with van der Waals surface area (Å²) in [6.45, 7) is 7.82. The number of hydrogen-bond donors (Lipinski definition) is 2. The van der Waals surface area contributed by atoms with Crippen molar-refractivity contribution in [2.75, 3.05) is 19.8 Å². The van der Waals surface area contributed by atoms with E-state index < -0.39 is 6.16 Å². The number of carbonyl (C=O) groups is 2. The molecule has 0 saturated heterocycles. The van der Waals surface area contributed by atoms with Gasteiger partial charge >= 0.3 is 6.16 Å². The smallest absolute Gasteiger partial charge is 0.434 e. The van der Waals surface area contributed by atoms with E-state index in [9.17, 15) is 19.8 Å². The molecule has 3 unspecified atom stereocenters. The minimum absolute atomic E-state index is 0.00492. The highest BCUT2D eigenvalue weighted by atomic mass is 16.7. The van der Waals surface area contributed by atoms with Crippen LogP contribution in [0.5, 0.6) is 0 Å². The second-order valence-electron chi connectivity index (χ2n) is 8.62. The molecule has 2 aliphatic carbocycles. The maximum absolute atomic E-state index is 13.7. The first-order valence-corrected chi connectivity index (χ1v) is 11.4. The van der Waals surface area contributed by atoms with Crippen LogP contribution in [0.2, 0.25) is 0 Å². The minimum Gasteiger partial charge on any atom is -0.434 e. The first kappa shape index (κ1) is 23.5. The number of benzene rings is 1. The Labute approximate surface area is 184 Å². The van der Waals surface area contributed by atoms with Crippen molar-refractivity contribution < 1.29 is 29.3 Å². The fourth-order valence-corrected chi connectivity index (χ4v) is 5.32. The van der Waals surface area contributed by atoms with E-state index in [1.165, 1.54) is 0 Å². The summed E-state index contributed by atoms with van der Waals surface area (Å²) >= 11 is 0. The van der Waals surface area contributed by atoms with Gasteiger partial charge in [0.15, 0.2) is 5.78 Å². The molecule has 0 heterocycles. The van der Waals surface area contributed by atoms with Gasteiger partial charge in [0.1, 0.15) is 5.76 Å². The number of hydrogen-bond acceptors (Lipinski definition) is 6. The molecule has 0 radical (unpaired) electrons. The molecular formula is C25H34O6. The van der Waals surface area contributed by atoms with Gasteiger partial charge in [-0.2, -0.15) is 0 Å². The van der Waals surface area contributed by atoms with Crippen LogP contribution < -0.4 is 0 Å². The van der Waals surface area contributed by atoms with Gasteiger partial charge in [0.2, 0.25) is 0 Å². The molecule has 2 aliphatic rings. The number of allylic oxidation sites excluding steroid dienone is 2. The molecule has 3 rings (SSSR count). The van der Waals surface area contributed by atoms with Gasteiger partial charge in [-0.1, -0.05) is 31.5 Å². The number of fused-ring (bicyclic) bond motifs is 1. The summed E-state index contributed by atoms with van der Waals surface area (Å²) in [5, 5.41) is 19.3. The molecule has 0 spiro atoms. The topological polar surface area (TPSA) is 93.1 Å². The Bertz CT molecular complexity index is 842. The molecule has 1 fully saturated rings. The summed E-state index contributed by atoms with van der Waals surface area (Å²) in [4.78, 5) is 26.0. The maximum atomic E-state index is 13.7. The minimum atomic E-state index is -0.795. The van der Waals surface area contributed by atoms with E-state index in [1.54, 1.807) is 6.92 Å². The summed E-state index contributed by atoms with van der Waals surface area (Å²) in [5.74, 6) is -0.421. The Kier molecular flexibility index (Phi) is 7.55. The van der Waals surface area contributed by atoms with Gasteiger partial charge in [-0.3, -0.25) is 4.79 Å². The van der Waals surface area contributed by atoms with E-state index >= 15 is 0 Å². The van der Waals surface area contributed by atoms with Gasteiger partial charge in [0, 0.05) is 31.0 Å². The summed E-state index contributed by atoms with van der Waals surface area (Å²) in [5.41, 5.74) is 4.70. The number of carbonyl (C=O) groups excluding carboxylic acids is 2. The van der Waals surface area contributed by atoms with Crippen molar-refractivity contribution in [3.8, 4) is 0 Å². The molecule has 2 N–H and O–H groups in total. The molecule has 0 amide bonds. The standard InChI is InChI=1S/C25H34O6/c1-5-15-8-14(4)9-16(6-2)21(15)22-23(28)19-10-17(18(12-26)13-27)11-20(19)24(22)31-25(29)30-7-3/h8-9,17-20,26-27H,5-7,10-13H2,1-4H3. The van der Waals surface area contributed by atoms with Crippen molar-refractivity contribution >= 4 is 17.5 Å². The summed E-state index contributed by atoms with van der Waals surface area (Å²) in [6, 6.07) is 4.20. The van der Waals surface area contributed by atoms with Crippen LogP contribution in [0.4, 0.5) is 4.79 Å². The number of aliphatic hydroxyl groups excluding tert-OH is 2. The molecule has 0 aliphatic heterocycles. The first-order valence-electron chi connectivity index (χ1n) is 11.4. The summed E-state index contributed by atoms with van der Waals surface area (Å²) in [6.07, 6.45) is 1.90. The average Bonchev–Trinajstić information content (AvgIpc) is 3.28. The lowest BCUT2D eigenvalue weighted by atomic mass is 9.85. The number of Topliss-reactive ketones (excluding diaryl/α,β-unsaturated/α-hetero) is 1. The van der Waals surface area contributed by atoms with Crippen LogP contribution in [0, 0.1) is 30.6 Å². The zero-order valence-corrected chi connectivity index (χ0v) is 18.9. The molecular weight excluding hydrogens is 396 g/mol. The van der Waals surface area contributed by atoms with E-state index in [0.29, 0.717) is 24.2 Å². The van der Waals surface area contributed by atoms with Crippen LogP contribution in [-0.2, 0) is 27.1 Å². The number of aryl methyl sites for hydroxylation is 3. The Hall–Kier alpha value is -2.18. The summed E-state index contributed by atoms with van der Waals surface area (Å²) < 4.78 is 10.7. The lowest BCUT2D eigenvalue weighted by molar-refractivity contribution is -0.117. The van der Waals surface area contributed by atoms with Gasteiger partial charge in [0.25, 0.3) is 0 Å². The SMILES string of the molecule is CCOC(=O)OC1=C(c2c(CC)cc(C)cc2CC)C(=O)C2CC(C(CO)CO)CC12. The van der Waals surface area contributed by atoms with Gasteiger partial charge in [-0.15, -0.1) is 0 Å². The highest BCUT2D eigenvalue weighted by Crippen LogP contribution is 2.53. The van der Waals surface area contributed by atoms with Gasteiger partial charge < -0.3 is 19.7 Å². The number of rotatable bonds is 8. The predicted molar refractivity (Wildman–Crippen MR) is 117 cm³/mol. The molecule has 170 valence electrons. The molecule has 6 nitrogen and oxygen atoms in total.